The summed E-state index contributed by atoms with van der Waals surface area (Å²) >= 11 is 0. The maximum Gasteiger partial charge on any atom is 0.439 e. The summed E-state index contributed by atoms with van der Waals surface area (Å²) in [5.41, 5.74) is 4.58. The summed E-state index contributed by atoms with van der Waals surface area (Å²) in [6.45, 7) is 1.76. The highest BCUT2D eigenvalue weighted by molar-refractivity contribution is 5.96. The molecule has 0 spiro atoms. The first-order valence-electron chi connectivity index (χ1n) is 13.4. The van der Waals surface area contributed by atoms with Gasteiger partial charge in [0.2, 0.25) is 5.78 Å². The minimum atomic E-state index is -0.632. The Morgan fingerprint density at radius 1 is 0.976 bits per heavy atom. The second-order valence-corrected chi connectivity index (χ2v) is 9.83. The molecular formula is C31H25FN6O4. The lowest BCUT2D eigenvalue weighted by Gasteiger charge is -2.15. The van der Waals surface area contributed by atoms with Gasteiger partial charge in [-0.25, -0.2) is 13.7 Å². The van der Waals surface area contributed by atoms with Gasteiger partial charge in [0.05, 0.1) is 12.2 Å². The zero-order valence-electron chi connectivity index (χ0n) is 22.6. The van der Waals surface area contributed by atoms with Crippen LogP contribution in [-0.2, 0) is 19.4 Å². The fraction of sp³-hybridized carbons (Fsp3) is 0.161. The van der Waals surface area contributed by atoms with Gasteiger partial charge in [0, 0.05) is 23.1 Å². The van der Waals surface area contributed by atoms with Crippen LogP contribution in [0.4, 0.5) is 4.39 Å². The molecule has 3 aromatic heterocycles. The van der Waals surface area contributed by atoms with Gasteiger partial charge in [-0.1, -0.05) is 67.0 Å². The number of fused-ring (bicyclic) bond motifs is 1. The third kappa shape index (κ3) is 5.07. The molecular weight excluding hydrogens is 539 g/mol. The van der Waals surface area contributed by atoms with Crippen molar-refractivity contribution >= 4 is 11.6 Å². The molecule has 42 heavy (non-hydrogen) atoms. The molecule has 0 unspecified atom stereocenters. The van der Waals surface area contributed by atoms with E-state index in [4.69, 9.17) is 0 Å². The maximum atomic E-state index is 13.9. The number of hydrogen-bond donors (Lipinski definition) is 1. The first kappa shape index (κ1) is 26.8. The highest BCUT2D eigenvalue weighted by atomic mass is 19.1. The second-order valence-electron chi connectivity index (χ2n) is 9.83. The van der Waals surface area contributed by atoms with E-state index in [0.717, 1.165) is 28.8 Å². The van der Waals surface area contributed by atoms with Gasteiger partial charge in [0.25, 0.3) is 5.56 Å². The molecule has 1 N–H and O–H groups in total. The van der Waals surface area contributed by atoms with E-state index in [9.17, 15) is 18.8 Å². The molecule has 3 heterocycles. The van der Waals surface area contributed by atoms with Crippen molar-refractivity contribution in [2.75, 3.05) is 0 Å². The van der Waals surface area contributed by atoms with Crippen molar-refractivity contribution in [2.45, 2.75) is 32.7 Å². The molecule has 0 atom stereocenters. The van der Waals surface area contributed by atoms with E-state index < -0.39 is 11.6 Å². The van der Waals surface area contributed by atoms with Crippen LogP contribution in [0, 0.1) is 5.82 Å². The summed E-state index contributed by atoms with van der Waals surface area (Å²) in [6.07, 6.45) is 3.05. The number of nitrogens with zero attached hydrogens (tertiary/aromatic N) is 5. The van der Waals surface area contributed by atoms with Crippen LogP contribution in [0.15, 0.2) is 93.2 Å². The van der Waals surface area contributed by atoms with E-state index in [2.05, 4.69) is 24.7 Å². The molecule has 0 fully saturated rings. The van der Waals surface area contributed by atoms with Crippen molar-refractivity contribution < 1.29 is 13.7 Å². The quantitative estimate of drug-likeness (QED) is 0.257. The highest BCUT2D eigenvalue weighted by Gasteiger charge is 2.21. The minimum Gasteiger partial charge on any atom is -0.296 e. The summed E-state index contributed by atoms with van der Waals surface area (Å²) in [5.74, 6) is -0.807. The SMILES string of the molecule is CCCc1c(Cc2ccc(-c3ccccc3-c3noc(=O)[nH]3)cc2)c(=O)n(CC(=O)c2ccc(F)cc2)c2ncnn12. The van der Waals surface area contributed by atoms with Crippen LogP contribution in [0.5, 0.6) is 0 Å². The van der Waals surface area contributed by atoms with Gasteiger partial charge in [0.1, 0.15) is 12.1 Å². The Labute approximate surface area is 238 Å². The Balaban J connectivity index is 1.37. The molecule has 210 valence electrons. The monoisotopic (exact) mass is 564 g/mol. The van der Waals surface area contributed by atoms with E-state index in [-0.39, 0.29) is 23.7 Å². The minimum absolute atomic E-state index is 0.258. The number of aromatic amines is 1. The number of rotatable bonds is 9. The predicted octanol–water partition coefficient (Wildman–Crippen LogP) is 4.47. The number of aromatic nitrogens is 6. The molecule has 0 aliphatic rings. The van der Waals surface area contributed by atoms with E-state index in [1.807, 2.05) is 55.5 Å². The molecule has 6 rings (SSSR count). The lowest BCUT2D eigenvalue weighted by Crippen LogP contribution is -2.32. The van der Waals surface area contributed by atoms with Crippen molar-refractivity contribution in [3.05, 3.63) is 128 Å². The lowest BCUT2D eigenvalue weighted by atomic mass is 9.96. The number of halogens is 1. The van der Waals surface area contributed by atoms with Gasteiger partial charge in [-0.15, -0.1) is 0 Å². The Hall–Kier alpha value is -5.45. The van der Waals surface area contributed by atoms with Crippen LogP contribution >= 0.6 is 0 Å². The van der Waals surface area contributed by atoms with Crippen LogP contribution in [0.2, 0.25) is 0 Å². The average Bonchev–Trinajstić information content (AvgIpc) is 3.67. The molecule has 10 nitrogen and oxygen atoms in total. The predicted molar refractivity (Wildman–Crippen MR) is 153 cm³/mol. The zero-order chi connectivity index (χ0) is 29.2. The summed E-state index contributed by atoms with van der Waals surface area (Å²) in [4.78, 5) is 45.4. The molecule has 0 bridgehead atoms. The molecule has 0 radical (unpaired) electrons. The maximum absolute atomic E-state index is 13.9. The standard InChI is InChI=1S/C31H25FN6O4/c1-2-5-26-25(29(40)37(30-33-18-34-38(26)30)17-27(39)21-12-14-22(32)15-13-21)16-19-8-10-20(11-9-19)23-6-3-4-7-24(23)28-35-31(41)42-36-28/h3-4,6-15,18H,2,5,16-17H2,1H3,(H,35,36,41). The van der Waals surface area contributed by atoms with Crippen LogP contribution in [0.1, 0.15) is 40.5 Å². The molecule has 6 aromatic rings. The molecule has 0 amide bonds. The van der Waals surface area contributed by atoms with Crippen molar-refractivity contribution in [3.8, 4) is 22.5 Å². The average molecular weight is 565 g/mol. The first-order valence-corrected chi connectivity index (χ1v) is 13.4. The molecule has 0 aliphatic carbocycles. The van der Waals surface area contributed by atoms with Gasteiger partial charge in [-0.3, -0.25) is 23.7 Å². The van der Waals surface area contributed by atoms with E-state index in [1.54, 1.807) is 4.52 Å². The normalized spacial score (nSPS) is 11.3. The van der Waals surface area contributed by atoms with Crippen molar-refractivity contribution in [2.24, 2.45) is 0 Å². The molecule has 3 aromatic carbocycles. The van der Waals surface area contributed by atoms with Gasteiger partial charge in [0.15, 0.2) is 11.6 Å². The molecule has 0 saturated carbocycles. The zero-order valence-corrected chi connectivity index (χ0v) is 22.6. The van der Waals surface area contributed by atoms with Crippen LogP contribution in [0.25, 0.3) is 28.3 Å². The number of carbonyl (C=O) groups excluding carboxylic acids is 1. The van der Waals surface area contributed by atoms with Crippen molar-refractivity contribution in [1.82, 2.24) is 29.3 Å². The number of benzene rings is 3. The number of carbonyl (C=O) groups is 1. The fourth-order valence-electron chi connectivity index (χ4n) is 5.09. The second kappa shape index (κ2) is 11.2. The lowest BCUT2D eigenvalue weighted by molar-refractivity contribution is 0.0971. The number of aryl methyl sites for hydroxylation is 1. The number of H-pyrrole nitrogens is 1. The Morgan fingerprint density at radius 3 is 2.40 bits per heavy atom. The first-order chi connectivity index (χ1) is 20.4. The molecule has 0 aliphatic heterocycles. The van der Waals surface area contributed by atoms with E-state index >= 15 is 0 Å². The van der Waals surface area contributed by atoms with Gasteiger partial charge < -0.3 is 0 Å². The fourth-order valence-corrected chi connectivity index (χ4v) is 5.09. The summed E-state index contributed by atoms with van der Waals surface area (Å²) in [6, 6.07) is 20.5. The van der Waals surface area contributed by atoms with Gasteiger partial charge in [-0.05, 0) is 47.4 Å². The van der Waals surface area contributed by atoms with Crippen molar-refractivity contribution in [1.29, 1.82) is 0 Å². The third-order valence-electron chi connectivity index (χ3n) is 7.10. The van der Waals surface area contributed by atoms with Gasteiger partial charge >= 0.3 is 5.76 Å². The Morgan fingerprint density at radius 2 is 1.71 bits per heavy atom. The Kier molecular flexibility index (Phi) is 7.14. The number of nitrogens with one attached hydrogen (secondary N) is 1. The molecule has 0 saturated heterocycles. The van der Waals surface area contributed by atoms with Crippen LogP contribution < -0.4 is 11.3 Å². The largest absolute Gasteiger partial charge is 0.439 e. The number of hydrogen-bond acceptors (Lipinski definition) is 7. The van der Waals surface area contributed by atoms with E-state index in [1.165, 1.54) is 35.2 Å². The summed E-state index contributed by atoms with van der Waals surface area (Å²) < 4.78 is 21.0. The third-order valence-corrected chi connectivity index (χ3v) is 7.10. The summed E-state index contributed by atoms with van der Waals surface area (Å²) in [7, 11) is 0. The van der Waals surface area contributed by atoms with Crippen molar-refractivity contribution in [3.63, 3.8) is 0 Å². The van der Waals surface area contributed by atoms with E-state index in [0.29, 0.717) is 35.4 Å². The van der Waals surface area contributed by atoms with Crippen LogP contribution in [0.3, 0.4) is 0 Å². The Bertz CT molecular complexity index is 2020. The number of ketones is 1. The number of Topliss-reactive ketones (excluding diaryl/α,β-unsaturated/α-hetero) is 1. The molecule has 11 heteroatoms. The van der Waals surface area contributed by atoms with Gasteiger partial charge in [-0.2, -0.15) is 10.1 Å². The van der Waals surface area contributed by atoms with Crippen LogP contribution in [-0.4, -0.2) is 35.1 Å². The smallest absolute Gasteiger partial charge is 0.296 e. The highest BCUT2D eigenvalue weighted by Crippen LogP contribution is 2.30. The topological polar surface area (TPSA) is 128 Å². The summed E-state index contributed by atoms with van der Waals surface area (Å²) in [5, 5.41) is 8.19.